The van der Waals surface area contributed by atoms with Gasteiger partial charge in [0.1, 0.15) is 25.0 Å². The highest BCUT2D eigenvalue weighted by Gasteiger charge is 2.39. The van der Waals surface area contributed by atoms with Crippen molar-refractivity contribution in [2.75, 3.05) is 59.4 Å². The largest absolute Gasteiger partial charge is 0.508 e. The third-order valence-electron chi connectivity index (χ3n) is 6.43. The number of hydrogen-bond acceptors (Lipinski definition) is 14. The zero-order valence-electron chi connectivity index (χ0n) is 24.3. The van der Waals surface area contributed by atoms with Gasteiger partial charge in [0, 0.05) is 24.7 Å². The van der Waals surface area contributed by atoms with Crippen LogP contribution < -0.4 is 17.0 Å². The van der Waals surface area contributed by atoms with Crippen molar-refractivity contribution in [3.8, 4) is 0 Å². The maximum absolute atomic E-state index is 12.5. The maximum Gasteiger partial charge on any atom is 0.508 e. The molecule has 1 aliphatic heterocycles. The van der Waals surface area contributed by atoms with Crippen LogP contribution in [-0.4, -0.2) is 97.3 Å². The van der Waals surface area contributed by atoms with Crippen LogP contribution >= 0.6 is 0 Å². The number of para-hydroxylation sites is 1. The fourth-order valence-corrected chi connectivity index (χ4v) is 4.29. The van der Waals surface area contributed by atoms with Gasteiger partial charge in [0.05, 0.1) is 75.5 Å². The van der Waals surface area contributed by atoms with E-state index < -0.39 is 54.0 Å². The number of nitrogens with one attached hydrogen (secondary N) is 1. The van der Waals surface area contributed by atoms with Crippen LogP contribution in [0.15, 0.2) is 34.0 Å². The molecule has 3 atom stereocenters. The van der Waals surface area contributed by atoms with Gasteiger partial charge in [0.2, 0.25) is 0 Å². The van der Waals surface area contributed by atoms with Gasteiger partial charge >= 0.3 is 11.8 Å². The molecule has 0 spiro atoms. The molecule has 1 aromatic heterocycles. The van der Waals surface area contributed by atoms with Crippen LogP contribution in [-0.2, 0) is 46.4 Å². The van der Waals surface area contributed by atoms with E-state index in [0.717, 1.165) is 4.57 Å². The third kappa shape index (κ3) is 10.5. The summed E-state index contributed by atoms with van der Waals surface area (Å²) in [6, 6.07) is 4.54. The van der Waals surface area contributed by atoms with Gasteiger partial charge in [-0.2, -0.15) is 0 Å². The van der Waals surface area contributed by atoms with Crippen molar-refractivity contribution < 1.29 is 48.0 Å². The number of nitrogens with zero attached hydrogens (tertiary/aromatic N) is 2. The molecule has 1 aromatic carbocycles. The molecule has 0 radical (unpaired) electrons. The number of aromatic nitrogens is 2. The quantitative estimate of drug-likeness (QED) is 0.0824. The molecule has 17 heteroatoms. The summed E-state index contributed by atoms with van der Waals surface area (Å²) in [5, 5.41) is 21.5. The molecule has 0 bridgehead atoms. The lowest BCUT2D eigenvalue weighted by Crippen LogP contribution is -2.33. The number of aliphatic hydroxyl groups is 1. The molecule has 1 unspecified atom stereocenters. The summed E-state index contributed by atoms with van der Waals surface area (Å²) in [7, 11) is 0. The number of aryl methyl sites for hydroxylation is 1. The second-order valence-corrected chi connectivity index (χ2v) is 9.58. The van der Waals surface area contributed by atoms with Crippen LogP contribution in [0.5, 0.6) is 0 Å². The Labute approximate surface area is 251 Å². The van der Waals surface area contributed by atoms with Crippen LogP contribution in [0.3, 0.4) is 0 Å². The third-order valence-corrected chi connectivity index (χ3v) is 6.43. The van der Waals surface area contributed by atoms with Gasteiger partial charge in [-0.1, -0.05) is 6.07 Å². The predicted molar refractivity (Wildman–Crippen MR) is 151 cm³/mol. The summed E-state index contributed by atoms with van der Waals surface area (Å²) in [4.78, 5) is 49.8. The zero-order valence-corrected chi connectivity index (χ0v) is 24.3. The van der Waals surface area contributed by atoms with Crippen molar-refractivity contribution in [1.29, 1.82) is 0 Å². The molecule has 1 fully saturated rings. The van der Waals surface area contributed by atoms with Crippen molar-refractivity contribution in [1.82, 2.24) is 9.55 Å². The first-order chi connectivity index (χ1) is 21.2. The van der Waals surface area contributed by atoms with Crippen molar-refractivity contribution >= 4 is 11.8 Å². The maximum atomic E-state index is 12.5. The van der Waals surface area contributed by atoms with Crippen molar-refractivity contribution in [3.05, 3.63) is 72.0 Å². The minimum absolute atomic E-state index is 0.0143. The summed E-state index contributed by atoms with van der Waals surface area (Å²) in [5.41, 5.74) is 4.45. The number of aromatic amines is 1. The summed E-state index contributed by atoms with van der Waals surface area (Å²) in [6.07, 6.45) is -2.74. The summed E-state index contributed by atoms with van der Waals surface area (Å²) in [6.45, 7) is 3.43. The van der Waals surface area contributed by atoms with Crippen molar-refractivity contribution in [3.63, 3.8) is 0 Å². The van der Waals surface area contributed by atoms with E-state index in [1.54, 1.807) is 6.07 Å². The summed E-state index contributed by atoms with van der Waals surface area (Å²) < 4.78 is 38.7. The lowest BCUT2D eigenvalue weighted by atomic mass is 10.1. The van der Waals surface area contributed by atoms with Crippen LogP contribution in [0.1, 0.15) is 29.3 Å². The molecule has 17 nitrogen and oxygen atoms in total. The van der Waals surface area contributed by atoms with Gasteiger partial charge in [-0.3, -0.25) is 24.5 Å². The molecule has 0 amide bonds. The van der Waals surface area contributed by atoms with Crippen LogP contribution in [0, 0.1) is 17.0 Å². The van der Waals surface area contributed by atoms with Crippen LogP contribution in [0.25, 0.3) is 0 Å². The Balaban J connectivity index is 1.46. The van der Waals surface area contributed by atoms with Gasteiger partial charge in [0.25, 0.3) is 11.2 Å². The lowest BCUT2D eigenvalue weighted by Gasteiger charge is -2.16. The van der Waals surface area contributed by atoms with Gasteiger partial charge in [0.15, 0.2) is 0 Å². The fraction of sp³-hybridized carbons (Fsp3) is 0.593. The Kier molecular flexibility index (Phi) is 14.4. The number of rotatable bonds is 19. The molecular weight excluding hydrogens is 588 g/mol. The highest BCUT2D eigenvalue weighted by Crippen LogP contribution is 2.30. The molecule has 44 heavy (non-hydrogen) atoms. The number of carbonyl (C=O) groups is 1. The number of aliphatic hydroxyl groups excluding tert-OH is 1. The summed E-state index contributed by atoms with van der Waals surface area (Å²) in [5.74, 6) is 0. The standard InChI is InChI=1S/C27H38N4O13/c1-18-14-30(26(34)29-25(18)33)23-13-21(22(15-32)43-23)44-27(35)42-17-20-4-2-3-19(24(20)31(36)37)16-41-12-11-40-10-9-39-8-7-38-6-5-28/h2-4,14,21-23,32H,5-13,15-17,28H2,1H3,(H,29,33,34)/t21?,22-,23-/m1/s1. The lowest BCUT2D eigenvalue weighted by molar-refractivity contribution is -0.386. The molecule has 1 aliphatic rings. The van der Waals surface area contributed by atoms with E-state index in [0.29, 0.717) is 39.6 Å². The molecule has 244 valence electrons. The second-order valence-electron chi connectivity index (χ2n) is 9.58. The van der Waals surface area contributed by atoms with Gasteiger partial charge in [-0.15, -0.1) is 0 Å². The number of carbonyl (C=O) groups excluding carboxylic acids is 1. The number of hydrogen-bond donors (Lipinski definition) is 3. The van der Waals surface area contributed by atoms with E-state index in [1.807, 2.05) is 0 Å². The first-order valence-electron chi connectivity index (χ1n) is 13.9. The minimum atomic E-state index is -1.15. The monoisotopic (exact) mass is 626 g/mol. The number of H-pyrrole nitrogens is 1. The van der Waals surface area contributed by atoms with Crippen molar-refractivity contribution in [2.24, 2.45) is 5.73 Å². The van der Waals surface area contributed by atoms with Crippen LogP contribution in [0.4, 0.5) is 10.5 Å². The Bertz CT molecular complexity index is 1330. The smallest absolute Gasteiger partial charge is 0.429 e. The SMILES string of the molecule is Cc1cn([C@H]2CC(OC(=O)OCc3cccc(COCCOCCOCCOCCN)c3[N+](=O)[O-])[C@@H](CO)O2)c(=O)[nH]c1=O. The van der Waals surface area contributed by atoms with Gasteiger partial charge in [-0.05, 0) is 19.1 Å². The Morgan fingerprint density at radius 3 is 2.30 bits per heavy atom. The molecule has 2 aromatic rings. The number of benzene rings is 1. The Morgan fingerprint density at radius 1 is 1.07 bits per heavy atom. The van der Waals surface area contributed by atoms with E-state index in [4.69, 9.17) is 38.9 Å². The predicted octanol–water partition coefficient (Wildman–Crippen LogP) is 0.280. The number of nitrogens with two attached hydrogens (primary N) is 1. The molecular formula is C27H38N4O13. The average Bonchev–Trinajstić information content (AvgIpc) is 3.40. The normalized spacial score (nSPS) is 17.9. The molecule has 0 aliphatic carbocycles. The number of ether oxygens (including phenoxy) is 7. The van der Waals surface area contributed by atoms with Gasteiger partial charge in [-0.25, -0.2) is 9.59 Å². The first-order valence-corrected chi connectivity index (χ1v) is 13.9. The highest BCUT2D eigenvalue weighted by molar-refractivity contribution is 5.60. The average molecular weight is 627 g/mol. The Hall–Kier alpha value is -3.71. The molecule has 0 saturated carbocycles. The number of nitro groups is 1. The summed E-state index contributed by atoms with van der Waals surface area (Å²) >= 11 is 0. The second kappa shape index (κ2) is 18.2. The molecule has 2 heterocycles. The van der Waals surface area contributed by atoms with Crippen LogP contribution in [0.2, 0.25) is 0 Å². The zero-order chi connectivity index (χ0) is 31.9. The van der Waals surface area contributed by atoms with Gasteiger partial charge < -0.3 is 44.0 Å². The van der Waals surface area contributed by atoms with E-state index in [2.05, 4.69) is 4.98 Å². The molecule has 3 rings (SSSR count). The number of nitro benzene ring substituents is 1. The Morgan fingerprint density at radius 2 is 1.68 bits per heavy atom. The first kappa shape index (κ1) is 34.8. The van der Waals surface area contributed by atoms with E-state index in [1.165, 1.54) is 25.3 Å². The molecule has 4 N–H and O–H groups in total. The highest BCUT2D eigenvalue weighted by atomic mass is 16.7. The van der Waals surface area contributed by atoms with E-state index >= 15 is 0 Å². The van der Waals surface area contributed by atoms with E-state index in [-0.39, 0.29) is 48.6 Å². The topological polar surface area (TPSA) is 226 Å². The molecule has 1 saturated heterocycles. The minimum Gasteiger partial charge on any atom is -0.429 e. The van der Waals surface area contributed by atoms with Crippen molar-refractivity contribution in [2.45, 2.75) is 45.0 Å². The fourth-order valence-electron chi connectivity index (χ4n) is 4.29. The van der Waals surface area contributed by atoms with E-state index in [9.17, 15) is 29.6 Å².